The van der Waals surface area contributed by atoms with Crippen molar-refractivity contribution in [2.24, 2.45) is 0 Å². The number of hydrogen-bond donors (Lipinski definition) is 4. The maximum Gasteiger partial charge on any atom is 0.337 e. The molecule has 0 atom stereocenters. The van der Waals surface area contributed by atoms with Crippen LogP contribution in [0.4, 0.5) is 0 Å². The molecule has 0 spiro atoms. The Morgan fingerprint density at radius 2 is 0.714 bits per heavy atom. The van der Waals surface area contributed by atoms with E-state index in [1.807, 2.05) is 64.1 Å². The van der Waals surface area contributed by atoms with E-state index in [4.69, 9.17) is 0 Å². The van der Waals surface area contributed by atoms with Crippen LogP contribution < -0.4 is 0 Å². The molecule has 0 aliphatic rings. The summed E-state index contributed by atoms with van der Waals surface area (Å²) in [5.74, 6) is -5.38. The molecule has 8 nitrogen and oxygen atoms in total. The van der Waals surface area contributed by atoms with Gasteiger partial charge in [-0.3, -0.25) is 0 Å². The van der Waals surface area contributed by atoms with E-state index >= 15 is 0 Å². The number of carbonyl (C=O) groups is 4. The zero-order valence-corrected chi connectivity index (χ0v) is 32.7. The molecule has 4 N–H and O–H groups in total. The van der Waals surface area contributed by atoms with Gasteiger partial charge in [0.1, 0.15) is 0 Å². The molecule has 0 aliphatic heterocycles. The lowest BCUT2D eigenvalue weighted by Crippen LogP contribution is -2.13. The van der Waals surface area contributed by atoms with Crippen LogP contribution in [0.25, 0.3) is 65.3 Å². The Kier molecular flexibility index (Phi) is 9.36. The molecule has 0 heterocycles. The van der Waals surface area contributed by atoms with Gasteiger partial charge in [0.15, 0.2) is 0 Å². The molecule has 0 amide bonds. The second-order valence-corrected chi connectivity index (χ2v) is 15.9. The summed E-state index contributed by atoms with van der Waals surface area (Å²) < 4.78 is 0. The minimum absolute atomic E-state index is 0.0358. The minimum atomic E-state index is -1.30. The van der Waals surface area contributed by atoms with Gasteiger partial charge in [-0.05, 0) is 113 Å². The molecule has 0 aliphatic carbocycles. The Morgan fingerprint density at radius 1 is 0.357 bits per heavy atom. The molecule has 0 fully saturated rings. The molecule has 0 bridgehead atoms. The van der Waals surface area contributed by atoms with Gasteiger partial charge >= 0.3 is 23.9 Å². The molecule has 284 valence electrons. The van der Waals surface area contributed by atoms with E-state index < -0.39 is 23.9 Å². The molecule has 0 saturated heterocycles. The second-order valence-electron chi connectivity index (χ2n) is 15.9. The van der Waals surface area contributed by atoms with E-state index in [1.54, 1.807) is 18.2 Å². The summed E-state index contributed by atoms with van der Waals surface area (Å²) in [6, 6.07) is 21.1. The van der Waals surface area contributed by atoms with Crippen molar-refractivity contribution >= 4 is 67.0 Å². The van der Waals surface area contributed by atoms with E-state index in [-0.39, 0.29) is 56.7 Å². The number of benzene rings is 7. The highest BCUT2D eigenvalue weighted by atomic mass is 16.4. The van der Waals surface area contributed by atoms with E-state index in [1.165, 1.54) is 18.2 Å². The number of carboxylic acid groups (broad SMARTS) is 4. The molecule has 8 heteroatoms. The Bertz CT molecular complexity index is 2750. The lowest BCUT2D eigenvalue weighted by Gasteiger charge is -2.30. The molecular formula is C48H44O8. The van der Waals surface area contributed by atoms with Crippen molar-refractivity contribution in [3.63, 3.8) is 0 Å². The number of rotatable bonds is 10. The zero-order valence-electron chi connectivity index (χ0n) is 32.7. The number of hydrogen-bond acceptors (Lipinski definition) is 4. The smallest absolute Gasteiger partial charge is 0.337 e. The Hall–Kier alpha value is -6.28. The topological polar surface area (TPSA) is 149 Å². The first kappa shape index (κ1) is 38.0. The van der Waals surface area contributed by atoms with Crippen LogP contribution in [0, 0.1) is 0 Å². The van der Waals surface area contributed by atoms with E-state index in [0.29, 0.717) is 49.0 Å². The summed E-state index contributed by atoms with van der Waals surface area (Å²) in [5.41, 5.74) is 5.51. The van der Waals surface area contributed by atoms with Crippen molar-refractivity contribution < 1.29 is 39.6 Å². The first-order chi connectivity index (χ1) is 26.5. The van der Waals surface area contributed by atoms with Gasteiger partial charge in [0.05, 0.1) is 22.3 Å². The minimum Gasteiger partial charge on any atom is -0.478 e. The molecule has 7 aromatic rings. The van der Waals surface area contributed by atoms with Crippen LogP contribution in [-0.2, 0) is 0 Å². The molecule has 0 aromatic heterocycles. The fourth-order valence-corrected chi connectivity index (χ4v) is 8.97. The summed E-state index contributed by atoms with van der Waals surface area (Å²) in [6.45, 7) is 16.5. The van der Waals surface area contributed by atoms with Gasteiger partial charge in [0, 0.05) is 16.3 Å². The molecule has 0 saturated carbocycles. The molecule has 0 radical (unpaired) electrons. The first-order valence-electron chi connectivity index (χ1n) is 19.0. The molecule has 0 unspecified atom stereocenters. The Balaban J connectivity index is 2.02. The summed E-state index contributed by atoms with van der Waals surface area (Å²) >= 11 is 0. The van der Waals surface area contributed by atoms with E-state index in [2.05, 4.69) is 27.7 Å². The van der Waals surface area contributed by atoms with Crippen LogP contribution in [-0.4, -0.2) is 44.3 Å². The van der Waals surface area contributed by atoms with Crippen LogP contribution in [0.3, 0.4) is 0 Å². The number of fused-ring (bicyclic) bond motifs is 2. The van der Waals surface area contributed by atoms with Crippen molar-refractivity contribution in [2.75, 3.05) is 0 Å². The Labute approximate surface area is 324 Å². The quantitative estimate of drug-likeness (QED) is 0.0797. The van der Waals surface area contributed by atoms with Gasteiger partial charge in [-0.15, -0.1) is 0 Å². The van der Waals surface area contributed by atoms with E-state index in [0.717, 1.165) is 27.8 Å². The third kappa shape index (κ3) is 5.57. The number of carboxylic acids is 4. The predicted octanol–water partition coefficient (Wildman–Crippen LogP) is 12.4. The zero-order chi connectivity index (χ0) is 40.7. The number of aromatic carboxylic acids is 4. The van der Waals surface area contributed by atoms with Crippen LogP contribution in [0.1, 0.15) is 143 Å². The van der Waals surface area contributed by atoms with Crippen molar-refractivity contribution in [1.29, 1.82) is 0 Å². The third-order valence-corrected chi connectivity index (χ3v) is 11.3. The van der Waals surface area contributed by atoms with Gasteiger partial charge in [-0.25, -0.2) is 19.2 Å². The maximum absolute atomic E-state index is 14.2. The van der Waals surface area contributed by atoms with Gasteiger partial charge in [0.25, 0.3) is 0 Å². The molecule has 7 aromatic carbocycles. The van der Waals surface area contributed by atoms with Crippen molar-refractivity contribution in [1.82, 2.24) is 0 Å². The summed E-state index contributed by atoms with van der Waals surface area (Å²) in [6.07, 6.45) is 0. The van der Waals surface area contributed by atoms with Crippen LogP contribution in [0.2, 0.25) is 0 Å². The van der Waals surface area contributed by atoms with Crippen LogP contribution in [0.5, 0.6) is 0 Å². The highest BCUT2D eigenvalue weighted by Crippen LogP contribution is 2.55. The highest BCUT2D eigenvalue weighted by Gasteiger charge is 2.35. The van der Waals surface area contributed by atoms with Crippen molar-refractivity contribution in [2.45, 2.75) is 79.1 Å². The van der Waals surface area contributed by atoms with Gasteiger partial charge in [-0.1, -0.05) is 110 Å². The normalized spacial score (nSPS) is 12.1. The summed E-state index contributed by atoms with van der Waals surface area (Å²) in [7, 11) is 0. The highest BCUT2D eigenvalue weighted by molar-refractivity contribution is 6.42. The standard InChI is InChI=1S/C48H44O8/c1-21(2)25-11-9-12-26(22(3)4)35(25)42-40-31-17-20-33(46(51)52)38-32(45(49)50)18-15-29(37(31)38)30-16-19-34(47(53)54)41(39(30)40)44(48(55)56)43(42)36-27(23(5)6)13-10-14-28(36)24(7)8/h9-24H,1-8H3,(H,49,50)(H,51,52)(H,53,54)(H,55,56). The largest absolute Gasteiger partial charge is 0.478 e. The molecule has 7 rings (SSSR count). The van der Waals surface area contributed by atoms with Crippen molar-refractivity contribution in [3.8, 4) is 22.3 Å². The van der Waals surface area contributed by atoms with Crippen LogP contribution >= 0.6 is 0 Å². The van der Waals surface area contributed by atoms with Gasteiger partial charge in [0.2, 0.25) is 0 Å². The van der Waals surface area contributed by atoms with Gasteiger partial charge < -0.3 is 20.4 Å². The second kappa shape index (κ2) is 13.8. The fraction of sp³-hybridized carbons (Fsp3) is 0.250. The van der Waals surface area contributed by atoms with Gasteiger partial charge in [-0.2, -0.15) is 0 Å². The first-order valence-corrected chi connectivity index (χ1v) is 19.0. The SMILES string of the molecule is CC(C)c1cccc(C(C)C)c1-c1c(C(=O)O)c2c(C(=O)O)ccc3c4ccc(C(=O)O)c5c(C(=O)O)ccc(c(c1-c1c(C(C)C)cccc1C(C)C)c23)c54. The monoisotopic (exact) mass is 748 g/mol. The van der Waals surface area contributed by atoms with Crippen molar-refractivity contribution in [3.05, 3.63) is 117 Å². The molecular weight excluding hydrogens is 705 g/mol. The predicted molar refractivity (Wildman–Crippen MR) is 223 cm³/mol. The lowest BCUT2D eigenvalue weighted by molar-refractivity contribution is 0.0681. The maximum atomic E-state index is 14.2. The molecule has 56 heavy (non-hydrogen) atoms. The Morgan fingerprint density at radius 3 is 1.09 bits per heavy atom. The average Bonchev–Trinajstić information content (AvgIpc) is 3.14. The fourth-order valence-electron chi connectivity index (χ4n) is 8.97. The van der Waals surface area contributed by atoms with Crippen LogP contribution in [0.15, 0.2) is 72.8 Å². The summed E-state index contributed by atoms with van der Waals surface area (Å²) in [5, 5.41) is 46.3. The lowest BCUT2D eigenvalue weighted by atomic mass is 9.72. The summed E-state index contributed by atoms with van der Waals surface area (Å²) in [4.78, 5) is 53.2. The van der Waals surface area contributed by atoms with E-state index in [9.17, 15) is 39.6 Å². The third-order valence-electron chi connectivity index (χ3n) is 11.3. The average molecular weight is 749 g/mol.